The van der Waals surface area contributed by atoms with Gasteiger partial charge in [-0.15, -0.1) is 0 Å². The van der Waals surface area contributed by atoms with Gasteiger partial charge in [0.2, 0.25) is 0 Å². The molecule has 0 amide bonds. The molecule has 0 bridgehead atoms. The van der Waals surface area contributed by atoms with Crippen LogP contribution in [0.3, 0.4) is 0 Å². The van der Waals surface area contributed by atoms with Crippen LogP contribution in [0, 0.1) is 0 Å². The third-order valence-corrected chi connectivity index (χ3v) is 2.77. The predicted molar refractivity (Wildman–Crippen MR) is 51.7 cm³/mol. The summed E-state index contributed by atoms with van der Waals surface area (Å²) in [5.41, 5.74) is -5.02. The van der Waals surface area contributed by atoms with Crippen LogP contribution in [0.1, 0.15) is 16.7 Å². The van der Waals surface area contributed by atoms with Gasteiger partial charge in [0.05, 0.1) is 11.1 Å². The van der Waals surface area contributed by atoms with Crippen molar-refractivity contribution in [3.05, 3.63) is 34.9 Å². The highest BCUT2D eigenvalue weighted by molar-refractivity contribution is 7.85. The zero-order valence-electron chi connectivity index (χ0n) is 8.88. The summed E-state index contributed by atoms with van der Waals surface area (Å²) in [7, 11) is -5.04. The third kappa shape index (κ3) is 4.10. The van der Waals surface area contributed by atoms with Gasteiger partial charge in [-0.25, -0.2) is 0 Å². The summed E-state index contributed by atoms with van der Waals surface area (Å²) in [6.07, 6.45) is -10.3. The second-order valence-corrected chi connectivity index (χ2v) is 5.01. The smallest absolute Gasteiger partial charge is 0.285 e. The van der Waals surface area contributed by atoms with Crippen molar-refractivity contribution in [3.8, 4) is 0 Å². The van der Waals surface area contributed by atoms with Gasteiger partial charge in [-0.05, 0) is 17.7 Å². The molecule has 19 heavy (non-hydrogen) atoms. The van der Waals surface area contributed by atoms with Crippen LogP contribution in [-0.2, 0) is 28.2 Å². The molecular weight excluding hydrogens is 302 g/mol. The molecule has 0 spiro atoms. The highest BCUT2D eigenvalue weighted by Gasteiger charge is 2.41. The molecule has 0 unspecified atom stereocenters. The first-order valence-electron chi connectivity index (χ1n) is 4.54. The zero-order chi connectivity index (χ0) is 15.1. The Morgan fingerprint density at radius 3 is 1.58 bits per heavy atom. The molecular formula is C9H6F6O3S. The quantitative estimate of drug-likeness (QED) is 0.674. The van der Waals surface area contributed by atoms with Crippen molar-refractivity contribution in [1.29, 1.82) is 0 Å². The molecule has 0 atom stereocenters. The van der Waals surface area contributed by atoms with Gasteiger partial charge in [0, 0.05) is 0 Å². The second kappa shape index (κ2) is 4.67. The van der Waals surface area contributed by atoms with E-state index in [1.165, 1.54) is 0 Å². The Morgan fingerprint density at radius 1 is 0.947 bits per heavy atom. The highest BCUT2D eigenvalue weighted by Crippen LogP contribution is 2.39. The number of rotatable bonds is 2. The molecule has 0 saturated carbocycles. The van der Waals surface area contributed by atoms with Gasteiger partial charge in [0.1, 0.15) is 5.75 Å². The van der Waals surface area contributed by atoms with E-state index in [1.807, 2.05) is 0 Å². The monoisotopic (exact) mass is 308 g/mol. The Hall–Kier alpha value is -1.29. The topological polar surface area (TPSA) is 54.4 Å². The minimum absolute atomic E-state index is 0.315. The minimum atomic E-state index is -5.17. The van der Waals surface area contributed by atoms with Crippen LogP contribution in [0.2, 0.25) is 0 Å². The highest BCUT2D eigenvalue weighted by atomic mass is 32.2. The van der Waals surface area contributed by atoms with Crippen molar-refractivity contribution in [2.45, 2.75) is 18.1 Å². The molecule has 0 fully saturated rings. The van der Waals surface area contributed by atoms with Crippen molar-refractivity contribution >= 4 is 10.1 Å². The number of hydrogen-bond donors (Lipinski definition) is 1. The lowest BCUT2D eigenvalue weighted by molar-refractivity contribution is -0.144. The predicted octanol–water partition coefficient (Wildman–Crippen LogP) is 3.11. The first-order chi connectivity index (χ1) is 8.32. The fraction of sp³-hybridized carbons (Fsp3) is 0.333. The van der Waals surface area contributed by atoms with E-state index in [1.54, 1.807) is 0 Å². The molecule has 0 radical (unpaired) electrons. The van der Waals surface area contributed by atoms with Gasteiger partial charge >= 0.3 is 12.4 Å². The van der Waals surface area contributed by atoms with Gasteiger partial charge < -0.3 is 0 Å². The van der Waals surface area contributed by atoms with E-state index in [0.717, 1.165) is 0 Å². The lowest BCUT2D eigenvalue weighted by Gasteiger charge is -2.17. The average molecular weight is 308 g/mol. The Labute approximate surface area is 103 Å². The van der Waals surface area contributed by atoms with Crippen LogP contribution in [0.25, 0.3) is 0 Å². The molecule has 1 aromatic carbocycles. The molecule has 10 heteroatoms. The summed E-state index contributed by atoms with van der Waals surface area (Å²) in [5, 5.41) is 0. The van der Waals surface area contributed by atoms with E-state index in [-0.39, 0.29) is 0 Å². The van der Waals surface area contributed by atoms with Gasteiger partial charge in [0.25, 0.3) is 10.1 Å². The van der Waals surface area contributed by atoms with E-state index in [2.05, 4.69) is 0 Å². The molecule has 1 rings (SSSR count). The minimum Gasteiger partial charge on any atom is -0.285 e. The summed E-state index contributed by atoms with van der Waals surface area (Å²) in [5.74, 6) is -1.77. The van der Waals surface area contributed by atoms with Crippen LogP contribution in [0.15, 0.2) is 18.2 Å². The summed E-state index contributed by atoms with van der Waals surface area (Å²) < 4.78 is 105. The Bertz CT molecular complexity index is 540. The van der Waals surface area contributed by atoms with Crippen molar-refractivity contribution in [3.63, 3.8) is 0 Å². The van der Waals surface area contributed by atoms with Crippen LogP contribution in [0.4, 0.5) is 26.3 Å². The molecule has 0 aliphatic rings. The summed E-state index contributed by atoms with van der Waals surface area (Å²) in [4.78, 5) is 0. The maximum atomic E-state index is 12.5. The molecule has 1 N–H and O–H groups in total. The third-order valence-electron chi connectivity index (χ3n) is 2.11. The molecule has 108 valence electrons. The number of halogens is 6. The van der Waals surface area contributed by atoms with Crippen molar-refractivity contribution in [1.82, 2.24) is 0 Å². The normalized spacial score (nSPS) is 13.6. The van der Waals surface area contributed by atoms with E-state index in [0.29, 0.717) is 18.2 Å². The van der Waals surface area contributed by atoms with E-state index >= 15 is 0 Å². The van der Waals surface area contributed by atoms with Crippen molar-refractivity contribution < 1.29 is 39.3 Å². The maximum absolute atomic E-state index is 12.5. The van der Waals surface area contributed by atoms with Crippen LogP contribution >= 0.6 is 0 Å². The first-order valence-corrected chi connectivity index (χ1v) is 6.15. The number of benzene rings is 1. The van der Waals surface area contributed by atoms with Crippen molar-refractivity contribution in [2.75, 3.05) is 0 Å². The largest absolute Gasteiger partial charge is 0.416 e. The molecule has 0 saturated heterocycles. The number of alkyl halides is 6. The van der Waals surface area contributed by atoms with Gasteiger partial charge in [0.15, 0.2) is 0 Å². The fourth-order valence-corrected chi connectivity index (χ4v) is 2.13. The molecule has 0 aliphatic carbocycles. The summed E-state index contributed by atoms with van der Waals surface area (Å²) >= 11 is 0. The second-order valence-electron chi connectivity index (χ2n) is 3.55. The van der Waals surface area contributed by atoms with Gasteiger partial charge in [-0.3, -0.25) is 4.55 Å². The first kappa shape index (κ1) is 15.8. The van der Waals surface area contributed by atoms with E-state index in [4.69, 9.17) is 4.55 Å². The summed E-state index contributed by atoms with van der Waals surface area (Å²) in [6, 6.07) is 1.14. The van der Waals surface area contributed by atoms with E-state index in [9.17, 15) is 34.8 Å². The Balaban J connectivity index is 3.60. The maximum Gasteiger partial charge on any atom is 0.416 e. The lowest BCUT2D eigenvalue weighted by atomic mass is 10.0. The fourth-order valence-electron chi connectivity index (χ4n) is 1.46. The molecule has 3 nitrogen and oxygen atoms in total. The average Bonchev–Trinajstić information content (AvgIpc) is 2.11. The van der Waals surface area contributed by atoms with Crippen molar-refractivity contribution in [2.24, 2.45) is 0 Å². The zero-order valence-corrected chi connectivity index (χ0v) is 9.70. The lowest BCUT2D eigenvalue weighted by Crippen LogP contribution is -2.18. The molecule has 0 aromatic heterocycles. The molecule has 1 aromatic rings. The van der Waals surface area contributed by atoms with E-state index < -0.39 is 44.9 Å². The number of hydrogen-bond acceptors (Lipinski definition) is 2. The van der Waals surface area contributed by atoms with Crippen LogP contribution in [0.5, 0.6) is 0 Å². The Kier molecular flexibility index (Phi) is 3.88. The van der Waals surface area contributed by atoms with Gasteiger partial charge in [-0.1, -0.05) is 6.07 Å². The standard InChI is InChI=1S/C9H6F6O3S/c10-8(11,12)6-2-1-3-7(9(13,14)15)5(6)4-19(16,17)18/h1-3H,4H2,(H,16,17,18). The molecule has 0 heterocycles. The summed E-state index contributed by atoms with van der Waals surface area (Å²) in [6.45, 7) is 0. The Morgan fingerprint density at radius 2 is 1.32 bits per heavy atom. The molecule has 0 aliphatic heterocycles. The van der Waals surface area contributed by atoms with Gasteiger partial charge in [-0.2, -0.15) is 34.8 Å². The van der Waals surface area contributed by atoms with Crippen LogP contribution < -0.4 is 0 Å². The SMILES string of the molecule is O=S(=O)(O)Cc1c(C(F)(F)F)cccc1C(F)(F)F. The van der Waals surface area contributed by atoms with Crippen LogP contribution in [-0.4, -0.2) is 13.0 Å².